The second kappa shape index (κ2) is 8.10. The molecule has 2 heterocycles. The van der Waals surface area contributed by atoms with Crippen LogP contribution in [-0.4, -0.2) is 67.5 Å². The third kappa shape index (κ3) is 4.82. The molecule has 1 aromatic heterocycles. The lowest BCUT2D eigenvalue weighted by Gasteiger charge is -2.35. The van der Waals surface area contributed by atoms with Crippen molar-refractivity contribution >= 4 is 11.3 Å². The van der Waals surface area contributed by atoms with Crippen LogP contribution in [0.15, 0.2) is 12.1 Å². The highest BCUT2D eigenvalue weighted by Gasteiger charge is 2.19. The lowest BCUT2D eigenvalue weighted by Crippen LogP contribution is -2.48. The zero-order valence-electron chi connectivity index (χ0n) is 12.5. The van der Waals surface area contributed by atoms with Crippen molar-refractivity contribution in [1.82, 2.24) is 9.80 Å². The Kier molecular flexibility index (Phi) is 6.45. The Morgan fingerprint density at radius 2 is 1.85 bits per heavy atom. The van der Waals surface area contributed by atoms with Gasteiger partial charge in [-0.15, -0.1) is 11.3 Å². The predicted molar refractivity (Wildman–Crippen MR) is 83.3 cm³/mol. The summed E-state index contributed by atoms with van der Waals surface area (Å²) < 4.78 is 4.97. The Balaban J connectivity index is 1.71. The van der Waals surface area contributed by atoms with Gasteiger partial charge in [-0.3, -0.25) is 9.80 Å². The molecular formula is C15H26N2O2S. The Morgan fingerprint density at radius 1 is 1.20 bits per heavy atom. The molecule has 1 saturated heterocycles. The number of aliphatic hydroxyl groups excluding tert-OH is 1. The maximum absolute atomic E-state index is 9.75. The van der Waals surface area contributed by atoms with E-state index in [0.29, 0.717) is 6.61 Å². The molecule has 1 aliphatic heterocycles. The highest BCUT2D eigenvalue weighted by Crippen LogP contribution is 2.19. The predicted octanol–water partition coefficient (Wildman–Crippen LogP) is 1.44. The second-order valence-electron chi connectivity index (χ2n) is 5.41. The largest absolute Gasteiger partial charge is 0.389 e. The topological polar surface area (TPSA) is 35.9 Å². The average Bonchev–Trinajstić information content (AvgIpc) is 2.89. The van der Waals surface area contributed by atoms with E-state index in [1.54, 1.807) is 7.11 Å². The van der Waals surface area contributed by atoms with E-state index in [1.165, 1.54) is 9.75 Å². The van der Waals surface area contributed by atoms with Gasteiger partial charge in [-0.25, -0.2) is 0 Å². The lowest BCUT2D eigenvalue weighted by molar-refractivity contribution is 0.0231. The molecular weight excluding hydrogens is 272 g/mol. The number of aryl methyl sites for hydroxylation is 1. The molecule has 5 heteroatoms. The van der Waals surface area contributed by atoms with Gasteiger partial charge in [0.2, 0.25) is 0 Å². The average molecular weight is 298 g/mol. The minimum absolute atomic E-state index is 0.365. The molecule has 114 valence electrons. The van der Waals surface area contributed by atoms with Crippen LogP contribution in [-0.2, 0) is 17.7 Å². The molecule has 0 saturated carbocycles. The zero-order valence-corrected chi connectivity index (χ0v) is 13.4. The number of ether oxygens (including phenoxy) is 1. The fourth-order valence-electron chi connectivity index (χ4n) is 2.59. The van der Waals surface area contributed by atoms with E-state index in [-0.39, 0.29) is 6.10 Å². The summed E-state index contributed by atoms with van der Waals surface area (Å²) >= 11 is 1.93. The van der Waals surface area contributed by atoms with E-state index in [9.17, 15) is 5.11 Å². The van der Waals surface area contributed by atoms with E-state index >= 15 is 0 Å². The van der Waals surface area contributed by atoms with Crippen LogP contribution in [0.3, 0.4) is 0 Å². The van der Waals surface area contributed by atoms with Crippen molar-refractivity contribution in [2.24, 2.45) is 0 Å². The zero-order chi connectivity index (χ0) is 14.4. The van der Waals surface area contributed by atoms with Crippen molar-refractivity contribution < 1.29 is 9.84 Å². The normalized spacial score (nSPS) is 19.4. The number of aliphatic hydroxyl groups is 1. The summed E-state index contributed by atoms with van der Waals surface area (Å²) in [6, 6.07) is 4.51. The molecule has 0 amide bonds. The smallest absolute Gasteiger partial charge is 0.0900 e. The molecule has 0 radical (unpaired) electrons. The Morgan fingerprint density at radius 3 is 2.45 bits per heavy atom. The number of thiophene rings is 1. The third-order valence-electron chi connectivity index (χ3n) is 3.74. The Bertz CT molecular complexity index is 389. The van der Waals surface area contributed by atoms with Crippen molar-refractivity contribution in [2.45, 2.75) is 26.0 Å². The molecule has 0 spiro atoms. The SMILES string of the molecule is CCc1ccc(CN2CCN(C[C@@H](O)COC)CC2)s1. The maximum Gasteiger partial charge on any atom is 0.0900 e. The molecule has 1 aromatic rings. The van der Waals surface area contributed by atoms with Crippen molar-refractivity contribution in [1.29, 1.82) is 0 Å². The first-order valence-corrected chi connectivity index (χ1v) is 8.22. The molecule has 0 unspecified atom stereocenters. The summed E-state index contributed by atoms with van der Waals surface area (Å²) in [7, 11) is 1.63. The summed E-state index contributed by atoms with van der Waals surface area (Å²) in [5.41, 5.74) is 0. The number of hydrogen-bond acceptors (Lipinski definition) is 5. The molecule has 1 fully saturated rings. The van der Waals surface area contributed by atoms with Gasteiger partial charge in [-0.2, -0.15) is 0 Å². The van der Waals surface area contributed by atoms with Crippen LogP contribution in [0.2, 0.25) is 0 Å². The van der Waals surface area contributed by atoms with Gasteiger partial charge in [0.25, 0.3) is 0 Å². The first-order valence-electron chi connectivity index (χ1n) is 7.40. The second-order valence-corrected chi connectivity index (χ2v) is 6.66. The van der Waals surface area contributed by atoms with Crippen molar-refractivity contribution in [3.8, 4) is 0 Å². The minimum atomic E-state index is -0.365. The quantitative estimate of drug-likeness (QED) is 0.826. The van der Waals surface area contributed by atoms with Crippen molar-refractivity contribution in [2.75, 3.05) is 46.4 Å². The number of rotatable bonds is 7. The highest BCUT2D eigenvalue weighted by molar-refractivity contribution is 7.11. The van der Waals surface area contributed by atoms with E-state index in [4.69, 9.17) is 4.74 Å². The summed E-state index contributed by atoms with van der Waals surface area (Å²) in [6.45, 7) is 8.66. The Labute approximate surface area is 126 Å². The first-order chi connectivity index (χ1) is 9.71. The fraction of sp³-hybridized carbons (Fsp3) is 0.733. The van der Waals surface area contributed by atoms with Crippen molar-refractivity contribution in [3.05, 3.63) is 21.9 Å². The third-order valence-corrected chi connectivity index (χ3v) is 4.95. The number of piperazine rings is 1. The van der Waals surface area contributed by atoms with Crippen LogP contribution in [0.25, 0.3) is 0 Å². The summed E-state index contributed by atoms with van der Waals surface area (Å²) in [5, 5.41) is 9.75. The summed E-state index contributed by atoms with van der Waals surface area (Å²) in [6.07, 6.45) is 0.770. The van der Waals surface area contributed by atoms with E-state index in [2.05, 4.69) is 28.9 Å². The lowest BCUT2D eigenvalue weighted by atomic mass is 10.2. The van der Waals surface area contributed by atoms with E-state index in [1.807, 2.05) is 11.3 Å². The van der Waals surface area contributed by atoms with Gasteiger partial charge >= 0.3 is 0 Å². The summed E-state index contributed by atoms with van der Waals surface area (Å²) in [5.74, 6) is 0. The monoisotopic (exact) mass is 298 g/mol. The summed E-state index contributed by atoms with van der Waals surface area (Å²) in [4.78, 5) is 7.77. The van der Waals surface area contributed by atoms with Gasteiger partial charge in [0.15, 0.2) is 0 Å². The molecule has 0 aliphatic carbocycles. The van der Waals surface area contributed by atoms with Gasteiger partial charge in [0.05, 0.1) is 12.7 Å². The van der Waals surface area contributed by atoms with Gasteiger partial charge in [0, 0.05) is 56.1 Å². The molecule has 0 aromatic carbocycles. The van der Waals surface area contributed by atoms with Crippen molar-refractivity contribution in [3.63, 3.8) is 0 Å². The molecule has 1 atom stereocenters. The highest BCUT2D eigenvalue weighted by atomic mass is 32.1. The fourth-order valence-corrected chi connectivity index (χ4v) is 3.59. The number of hydrogen-bond donors (Lipinski definition) is 1. The van der Waals surface area contributed by atoms with Crippen LogP contribution < -0.4 is 0 Å². The molecule has 20 heavy (non-hydrogen) atoms. The number of β-amino-alcohol motifs (C(OH)–C–C–N with tert-alkyl or cyclic N) is 1. The van der Waals surface area contributed by atoms with Gasteiger partial charge in [-0.1, -0.05) is 6.92 Å². The number of methoxy groups -OCH3 is 1. The van der Waals surface area contributed by atoms with E-state index in [0.717, 1.165) is 45.7 Å². The number of nitrogens with zero attached hydrogens (tertiary/aromatic N) is 2. The molecule has 0 bridgehead atoms. The van der Waals surface area contributed by atoms with Gasteiger partial charge in [-0.05, 0) is 18.6 Å². The van der Waals surface area contributed by atoms with Crippen LogP contribution in [0.1, 0.15) is 16.7 Å². The molecule has 2 rings (SSSR count). The first kappa shape index (κ1) is 15.9. The standard InChI is InChI=1S/C15H26N2O2S/c1-3-14-4-5-15(20-14)11-17-8-6-16(7-9-17)10-13(18)12-19-2/h4-5,13,18H,3,6-12H2,1-2H3/t13-/m1/s1. The van der Waals surface area contributed by atoms with Crippen LogP contribution in [0.5, 0.6) is 0 Å². The van der Waals surface area contributed by atoms with Gasteiger partial charge < -0.3 is 9.84 Å². The maximum atomic E-state index is 9.75. The van der Waals surface area contributed by atoms with Gasteiger partial charge in [0.1, 0.15) is 0 Å². The molecule has 4 nitrogen and oxygen atoms in total. The molecule has 1 N–H and O–H groups in total. The molecule has 1 aliphatic rings. The van der Waals surface area contributed by atoms with Crippen LogP contribution in [0, 0.1) is 0 Å². The van der Waals surface area contributed by atoms with Crippen LogP contribution in [0.4, 0.5) is 0 Å². The minimum Gasteiger partial charge on any atom is -0.389 e. The van der Waals surface area contributed by atoms with Crippen LogP contribution >= 0.6 is 11.3 Å². The van der Waals surface area contributed by atoms with E-state index < -0.39 is 0 Å². The Hall–Kier alpha value is -0.460.